The third kappa shape index (κ3) is 5.38. The molecule has 0 atom stereocenters. The van der Waals surface area contributed by atoms with Crippen molar-refractivity contribution in [2.24, 2.45) is 0 Å². The molecule has 14 heteroatoms. The molecule has 6 aromatic heterocycles. The van der Waals surface area contributed by atoms with E-state index in [0.717, 1.165) is 52.9 Å². The molecule has 0 nitrogen and oxygen atoms in total. The Kier molecular flexibility index (Phi) is 8.52. The summed E-state index contributed by atoms with van der Waals surface area (Å²) in [7, 11) is 0. The normalized spacial score (nSPS) is 11.7. The van der Waals surface area contributed by atoms with Gasteiger partial charge in [0.25, 0.3) is 0 Å². The van der Waals surface area contributed by atoms with Gasteiger partial charge in [0.05, 0.1) is 45.5 Å². The van der Waals surface area contributed by atoms with Crippen molar-refractivity contribution in [1.29, 1.82) is 0 Å². The van der Waals surface area contributed by atoms with Gasteiger partial charge in [-0.15, -0.1) is 68.0 Å². The van der Waals surface area contributed by atoms with Crippen molar-refractivity contribution in [3.8, 4) is 52.9 Å². The zero-order valence-electron chi connectivity index (χ0n) is 17.9. The molecule has 0 saturated carbocycles. The number of halogens is 8. The molecule has 0 aliphatic carbocycles. The highest BCUT2D eigenvalue weighted by molar-refractivity contribution is 7.28. The van der Waals surface area contributed by atoms with Gasteiger partial charge in [-0.25, -0.2) is 0 Å². The summed E-state index contributed by atoms with van der Waals surface area (Å²) in [4.78, 5) is 3.81. The average Bonchev–Trinajstić information content (AvgIpc) is 3.65. The number of hydrogen-bond donors (Lipinski definition) is 0. The van der Waals surface area contributed by atoms with Crippen molar-refractivity contribution in [3.05, 3.63) is 71.1 Å². The van der Waals surface area contributed by atoms with Crippen LogP contribution < -0.4 is 0 Å². The summed E-state index contributed by atoms with van der Waals surface area (Å²) >= 11 is 60.4. The molecule has 0 aliphatic rings. The van der Waals surface area contributed by atoms with Crippen LogP contribution in [0.3, 0.4) is 0 Å². The van der Waals surface area contributed by atoms with Crippen LogP contribution >= 0.6 is 161 Å². The number of thiophene rings is 6. The van der Waals surface area contributed by atoms with Gasteiger partial charge in [0.15, 0.2) is 0 Å². The molecule has 0 amide bonds. The second kappa shape index (κ2) is 11.3. The molecule has 0 aromatic carbocycles. The minimum absolute atomic E-state index is 0.596. The molecule has 0 spiro atoms. The lowest BCUT2D eigenvalue weighted by Crippen LogP contribution is -1.81. The Hall–Kier alpha value is 0.520. The van der Waals surface area contributed by atoms with Crippen molar-refractivity contribution in [2.75, 3.05) is 0 Å². The summed E-state index contributed by atoms with van der Waals surface area (Å²) in [5, 5.41) is 0. The van der Waals surface area contributed by atoms with Crippen LogP contribution in [0.25, 0.3) is 52.9 Å². The lowest BCUT2D eigenvalue weighted by molar-refractivity contribution is 1.77. The standard InChI is InChI=1S/C24H6Cl8S6/c25-13-1-7(19(33-13)21-9(3-15(27)35-21)11-5-17(29)37-23(11)31)8-2-14(26)34-20(8)22-10(4-16(28)36-22)12-6-18(30)38-24(12)32/h1-6H. The summed E-state index contributed by atoms with van der Waals surface area (Å²) in [5.74, 6) is 0. The first kappa shape index (κ1) is 28.6. The monoisotopic (exact) mass is 766 g/mol. The molecule has 194 valence electrons. The van der Waals surface area contributed by atoms with Crippen LogP contribution in [0, 0.1) is 0 Å². The van der Waals surface area contributed by atoms with Gasteiger partial charge in [0, 0.05) is 33.4 Å². The van der Waals surface area contributed by atoms with Crippen LogP contribution in [0.15, 0.2) is 36.4 Å². The van der Waals surface area contributed by atoms with Gasteiger partial charge in [0.2, 0.25) is 0 Å². The predicted octanol–water partition coefficient (Wildman–Crippen LogP) is 15.6. The van der Waals surface area contributed by atoms with Crippen molar-refractivity contribution in [2.45, 2.75) is 0 Å². The van der Waals surface area contributed by atoms with Crippen LogP contribution in [0.1, 0.15) is 0 Å². The Morgan fingerprint density at radius 3 is 0.737 bits per heavy atom. The fraction of sp³-hybridized carbons (Fsp3) is 0. The van der Waals surface area contributed by atoms with Crippen LogP contribution in [-0.2, 0) is 0 Å². The maximum atomic E-state index is 6.63. The smallest absolute Gasteiger partial charge is 0.102 e. The summed E-state index contributed by atoms with van der Waals surface area (Å²) in [6.45, 7) is 0. The van der Waals surface area contributed by atoms with E-state index in [9.17, 15) is 0 Å². The largest absolute Gasteiger partial charge is 0.122 e. The fourth-order valence-corrected chi connectivity index (χ4v) is 12.2. The van der Waals surface area contributed by atoms with Gasteiger partial charge in [-0.2, -0.15) is 0 Å². The molecule has 0 radical (unpaired) electrons. The maximum absolute atomic E-state index is 6.63. The summed E-state index contributed by atoms with van der Waals surface area (Å²) < 4.78 is 4.91. The molecule has 0 aliphatic heterocycles. The zero-order valence-corrected chi connectivity index (χ0v) is 28.9. The van der Waals surface area contributed by atoms with E-state index in [-0.39, 0.29) is 0 Å². The van der Waals surface area contributed by atoms with E-state index in [1.165, 1.54) is 68.0 Å². The Morgan fingerprint density at radius 2 is 0.500 bits per heavy atom. The number of hydrogen-bond acceptors (Lipinski definition) is 6. The van der Waals surface area contributed by atoms with Crippen molar-refractivity contribution in [1.82, 2.24) is 0 Å². The van der Waals surface area contributed by atoms with E-state index < -0.39 is 0 Å². The lowest BCUT2D eigenvalue weighted by atomic mass is 10.0. The maximum Gasteiger partial charge on any atom is 0.102 e. The van der Waals surface area contributed by atoms with Gasteiger partial charge >= 0.3 is 0 Å². The van der Waals surface area contributed by atoms with Gasteiger partial charge in [0.1, 0.15) is 8.67 Å². The minimum Gasteiger partial charge on any atom is -0.122 e. The SMILES string of the molecule is Clc1cc(-c2cc(Cl)sc2-c2sc(Cl)cc2-c2cc(Cl)sc2-c2sc(Cl)cc2-c2cc(Cl)sc2Cl)c(Cl)s1. The molecular weight excluding hydrogens is 764 g/mol. The van der Waals surface area contributed by atoms with E-state index in [1.54, 1.807) is 0 Å². The van der Waals surface area contributed by atoms with Crippen LogP contribution in [0.2, 0.25) is 34.7 Å². The molecule has 38 heavy (non-hydrogen) atoms. The van der Waals surface area contributed by atoms with Crippen LogP contribution in [0.4, 0.5) is 0 Å². The van der Waals surface area contributed by atoms with Gasteiger partial charge < -0.3 is 0 Å². The van der Waals surface area contributed by atoms with Crippen LogP contribution in [0.5, 0.6) is 0 Å². The number of rotatable bonds is 5. The Morgan fingerprint density at radius 1 is 0.289 bits per heavy atom. The average molecular weight is 770 g/mol. The van der Waals surface area contributed by atoms with Crippen molar-refractivity contribution < 1.29 is 0 Å². The summed E-state index contributed by atoms with van der Waals surface area (Å²) in [6.07, 6.45) is 0. The Labute approximate surface area is 281 Å². The van der Waals surface area contributed by atoms with Crippen LogP contribution in [-0.4, -0.2) is 0 Å². The predicted molar refractivity (Wildman–Crippen MR) is 181 cm³/mol. The van der Waals surface area contributed by atoms with E-state index in [2.05, 4.69) is 0 Å². The summed E-state index contributed by atoms with van der Waals surface area (Å²) in [6, 6.07) is 11.4. The van der Waals surface area contributed by atoms with Gasteiger partial charge in [-0.1, -0.05) is 92.8 Å². The molecule has 0 saturated heterocycles. The molecule has 6 rings (SSSR count). The molecule has 0 N–H and O–H groups in total. The van der Waals surface area contributed by atoms with Crippen molar-refractivity contribution in [3.63, 3.8) is 0 Å². The fourth-order valence-electron chi connectivity index (χ4n) is 3.97. The van der Waals surface area contributed by atoms with E-state index >= 15 is 0 Å². The van der Waals surface area contributed by atoms with E-state index in [1.807, 2.05) is 36.4 Å². The highest BCUT2D eigenvalue weighted by Crippen LogP contribution is 2.56. The quantitative estimate of drug-likeness (QED) is 0.164. The minimum atomic E-state index is 0.596. The first-order valence-corrected chi connectivity index (χ1v) is 18.1. The molecule has 0 fully saturated rings. The lowest BCUT2D eigenvalue weighted by Gasteiger charge is -2.08. The van der Waals surface area contributed by atoms with Crippen molar-refractivity contribution >= 4 is 161 Å². The topological polar surface area (TPSA) is 0 Å². The highest BCUT2D eigenvalue weighted by Gasteiger charge is 2.26. The molecule has 0 unspecified atom stereocenters. The van der Waals surface area contributed by atoms with E-state index in [4.69, 9.17) is 92.8 Å². The Bertz CT molecular complexity index is 1690. The highest BCUT2D eigenvalue weighted by atomic mass is 35.5. The molecular formula is C24H6Cl8S6. The molecule has 6 aromatic rings. The zero-order chi connectivity index (χ0) is 26.9. The first-order valence-electron chi connectivity index (χ1n) is 10.2. The third-order valence-electron chi connectivity index (χ3n) is 5.40. The molecule has 6 heterocycles. The Balaban J connectivity index is 1.57. The second-order valence-electron chi connectivity index (χ2n) is 7.65. The second-order valence-corrected chi connectivity index (χ2v) is 19.0. The first-order chi connectivity index (χ1) is 18.1. The third-order valence-corrected chi connectivity index (χ3v) is 13.8. The van der Waals surface area contributed by atoms with Gasteiger partial charge in [-0.05, 0) is 36.4 Å². The van der Waals surface area contributed by atoms with Gasteiger partial charge in [-0.3, -0.25) is 0 Å². The summed E-state index contributed by atoms with van der Waals surface area (Å²) in [5.41, 5.74) is 5.32. The van der Waals surface area contributed by atoms with E-state index in [0.29, 0.717) is 34.7 Å². The molecule has 0 bridgehead atoms.